The van der Waals surface area contributed by atoms with Crippen LogP contribution < -0.4 is 10.1 Å². The fourth-order valence-electron chi connectivity index (χ4n) is 1.57. The van der Waals surface area contributed by atoms with Crippen LogP contribution in [0.3, 0.4) is 0 Å². The number of halogens is 1. The van der Waals surface area contributed by atoms with Gasteiger partial charge in [0.1, 0.15) is 5.75 Å². The van der Waals surface area contributed by atoms with Gasteiger partial charge in [-0.25, -0.2) is 0 Å². The number of hydrogen-bond donors (Lipinski definition) is 1. The lowest BCUT2D eigenvalue weighted by atomic mass is 10.1. The van der Waals surface area contributed by atoms with Gasteiger partial charge in [0.2, 0.25) is 0 Å². The lowest BCUT2D eigenvalue weighted by Crippen LogP contribution is -1.95. The zero-order chi connectivity index (χ0) is 9.42. The fraction of sp³-hybridized carbons (Fsp3) is 0.400. The van der Waals surface area contributed by atoms with Crippen LogP contribution in [0.25, 0.3) is 0 Å². The van der Waals surface area contributed by atoms with Gasteiger partial charge in [0.25, 0.3) is 0 Å². The van der Waals surface area contributed by atoms with Crippen molar-refractivity contribution < 1.29 is 4.74 Å². The highest BCUT2D eigenvalue weighted by molar-refractivity contribution is 6.30. The van der Waals surface area contributed by atoms with E-state index in [4.69, 9.17) is 16.3 Å². The third-order valence-corrected chi connectivity index (χ3v) is 2.47. The SMILES string of the molecule is COc1c(C)cc(Cl)cc1[C@H]1CN1. The molecule has 0 amide bonds. The van der Waals surface area contributed by atoms with Gasteiger partial charge in [-0.3, -0.25) is 0 Å². The van der Waals surface area contributed by atoms with Crippen LogP contribution >= 0.6 is 11.6 Å². The van der Waals surface area contributed by atoms with Gasteiger partial charge in [0.05, 0.1) is 7.11 Å². The summed E-state index contributed by atoms with van der Waals surface area (Å²) in [5, 5.41) is 4.02. The van der Waals surface area contributed by atoms with Gasteiger partial charge in [0, 0.05) is 23.2 Å². The Bertz CT molecular complexity index is 334. The van der Waals surface area contributed by atoms with Crippen molar-refractivity contribution in [2.75, 3.05) is 13.7 Å². The Hall–Kier alpha value is -0.730. The van der Waals surface area contributed by atoms with E-state index in [-0.39, 0.29) is 0 Å². The van der Waals surface area contributed by atoms with E-state index in [1.165, 1.54) is 5.56 Å². The Kier molecular flexibility index (Phi) is 2.18. The first kappa shape index (κ1) is 8.85. The molecule has 0 aliphatic carbocycles. The molecule has 1 aromatic carbocycles. The average molecular weight is 198 g/mol. The third kappa shape index (κ3) is 1.64. The number of aryl methyl sites for hydroxylation is 1. The molecule has 1 N–H and O–H groups in total. The van der Waals surface area contributed by atoms with Crippen LogP contribution in [0.2, 0.25) is 5.02 Å². The van der Waals surface area contributed by atoms with Gasteiger partial charge >= 0.3 is 0 Å². The molecule has 0 bridgehead atoms. The van der Waals surface area contributed by atoms with E-state index in [0.717, 1.165) is 22.9 Å². The maximum atomic E-state index is 5.97. The van der Waals surface area contributed by atoms with Crippen molar-refractivity contribution in [2.45, 2.75) is 13.0 Å². The number of rotatable bonds is 2. The standard InChI is InChI=1S/C10H12ClNO/c1-6-3-7(11)4-8(9-5-12-9)10(6)13-2/h3-4,9,12H,5H2,1-2H3/t9-/m1/s1. The summed E-state index contributed by atoms with van der Waals surface area (Å²) < 4.78 is 5.33. The van der Waals surface area contributed by atoms with Gasteiger partial charge in [-0.05, 0) is 24.6 Å². The van der Waals surface area contributed by atoms with E-state index in [1.807, 2.05) is 19.1 Å². The first-order valence-electron chi connectivity index (χ1n) is 4.30. The lowest BCUT2D eigenvalue weighted by molar-refractivity contribution is 0.406. The smallest absolute Gasteiger partial charge is 0.126 e. The van der Waals surface area contributed by atoms with Crippen molar-refractivity contribution in [3.05, 3.63) is 28.3 Å². The monoisotopic (exact) mass is 197 g/mol. The largest absolute Gasteiger partial charge is 0.496 e. The topological polar surface area (TPSA) is 31.2 Å². The molecule has 0 radical (unpaired) electrons. The van der Waals surface area contributed by atoms with Crippen molar-refractivity contribution >= 4 is 11.6 Å². The number of hydrogen-bond acceptors (Lipinski definition) is 2. The molecule has 2 rings (SSSR count). The molecular formula is C10H12ClNO. The summed E-state index contributed by atoms with van der Waals surface area (Å²) in [5.74, 6) is 0.958. The number of nitrogens with one attached hydrogen (secondary N) is 1. The van der Waals surface area contributed by atoms with Crippen LogP contribution in [0.5, 0.6) is 5.75 Å². The van der Waals surface area contributed by atoms with Crippen molar-refractivity contribution in [1.82, 2.24) is 5.32 Å². The van der Waals surface area contributed by atoms with Crippen LogP contribution in [-0.2, 0) is 0 Å². The maximum Gasteiger partial charge on any atom is 0.126 e. The molecule has 0 saturated carbocycles. The van der Waals surface area contributed by atoms with Crippen molar-refractivity contribution in [1.29, 1.82) is 0 Å². The second-order valence-corrected chi connectivity index (χ2v) is 3.74. The van der Waals surface area contributed by atoms with Crippen LogP contribution in [0, 0.1) is 6.92 Å². The van der Waals surface area contributed by atoms with Gasteiger partial charge in [-0.1, -0.05) is 11.6 Å². The molecule has 0 unspecified atom stereocenters. The van der Waals surface area contributed by atoms with Gasteiger partial charge in [-0.15, -0.1) is 0 Å². The Labute approximate surface area is 82.9 Å². The summed E-state index contributed by atoms with van der Waals surface area (Å²) in [7, 11) is 1.70. The number of benzene rings is 1. The minimum Gasteiger partial charge on any atom is -0.496 e. The predicted octanol–water partition coefficient (Wildman–Crippen LogP) is 2.30. The third-order valence-electron chi connectivity index (χ3n) is 2.26. The van der Waals surface area contributed by atoms with E-state index in [1.54, 1.807) is 7.11 Å². The van der Waals surface area contributed by atoms with Gasteiger partial charge < -0.3 is 10.1 Å². The number of ether oxygens (including phenoxy) is 1. The molecule has 1 aliphatic heterocycles. The summed E-state index contributed by atoms with van der Waals surface area (Å²) in [6.45, 7) is 3.03. The molecule has 2 nitrogen and oxygen atoms in total. The molecule has 1 atom stereocenters. The first-order chi connectivity index (χ1) is 6.22. The Morgan fingerprint density at radius 3 is 2.77 bits per heavy atom. The highest BCUT2D eigenvalue weighted by Gasteiger charge is 2.26. The lowest BCUT2D eigenvalue weighted by Gasteiger charge is -2.10. The molecule has 3 heteroatoms. The molecule has 13 heavy (non-hydrogen) atoms. The van der Waals surface area contributed by atoms with E-state index in [0.29, 0.717) is 6.04 Å². The zero-order valence-electron chi connectivity index (χ0n) is 7.73. The number of methoxy groups -OCH3 is 1. The molecule has 1 aliphatic rings. The molecule has 1 fully saturated rings. The molecule has 70 valence electrons. The van der Waals surface area contributed by atoms with Crippen molar-refractivity contribution in [2.24, 2.45) is 0 Å². The molecular weight excluding hydrogens is 186 g/mol. The van der Waals surface area contributed by atoms with Crippen molar-refractivity contribution in [3.8, 4) is 5.75 Å². The van der Waals surface area contributed by atoms with E-state index >= 15 is 0 Å². The predicted molar refractivity (Wildman–Crippen MR) is 53.5 cm³/mol. The highest BCUT2D eigenvalue weighted by atomic mass is 35.5. The summed E-state index contributed by atoms with van der Waals surface area (Å²) in [6.07, 6.45) is 0. The molecule has 1 heterocycles. The average Bonchev–Trinajstić information content (AvgIpc) is 2.85. The van der Waals surface area contributed by atoms with E-state index in [9.17, 15) is 0 Å². The minimum atomic E-state index is 0.437. The quantitative estimate of drug-likeness (QED) is 0.738. The van der Waals surface area contributed by atoms with Crippen LogP contribution in [0.4, 0.5) is 0 Å². The van der Waals surface area contributed by atoms with Crippen LogP contribution in [0.15, 0.2) is 12.1 Å². The summed E-state index contributed by atoms with van der Waals surface area (Å²) in [4.78, 5) is 0. The summed E-state index contributed by atoms with van der Waals surface area (Å²) in [5.41, 5.74) is 2.27. The molecule has 0 aromatic heterocycles. The normalized spacial score (nSPS) is 20.1. The highest BCUT2D eigenvalue weighted by Crippen LogP contribution is 2.35. The van der Waals surface area contributed by atoms with E-state index in [2.05, 4.69) is 5.32 Å². The minimum absolute atomic E-state index is 0.437. The summed E-state index contributed by atoms with van der Waals surface area (Å²) in [6, 6.07) is 4.33. The summed E-state index contributed by atoms with van der Waals surface area (Å²) >= 11 is 5.97. The van der Waals surface area contributed by atoms with E-state index < -0.39 is 0 Å². The first-order valence-corrected chi connectivity index (χ1v) is 4.67. The zero-order valence-corrected chi connectivity index (χ0v) is 8.48. The Morgan fingerprint density at radius 2 is 2.23 bits per heavy atom. The molecule has 1 aromatic rings. The second-order valence-electron chi connectivity index (χ2n) is 3.31. The Balaban J connectivity index is 2.50. The van der Waals surface area contributed by atoms with Gasteiger partial charge in [0.15, 0.2) is 0 Å². The van der Waals surface area contributed by atoms with Crippen LogP contribution in [-0.4, -0.2) is 13.7 Å². The van der Waals surface area contributed by atoms with Crippen molar-refractivity contribution in [3.63, 3.8) is 0 Å². The molecule has 0 spiro atoms. The Morgan fingerprint density at radius 1 is 1.54 bits per heavy atom. The second kappa shape index (κ2) is 3.20. The fourth-order valence-corrected chi connectivity index (χ4v) is 1.85. The van der Waals surface area contributed by atoms with Gasteiger partial charge in [-0.2, -0.15) is 0 Å². The molecule has 1 saturated heterocycles. The maximum absolute atomic E-state index is 5.97. The van der Waals surface area contributed by atoms with Crippen LogP contribution in [0.1, 0.15) is 17.2 Å².